The van der Waals surface area contributed by atoms with Gasteiger partial charge in [0.15, 0.2) is 5.78 Å². The fourth-order valence-electron chi connectivity index (χ4n) is 2.68. The topological polar surface area (TPSA) is 84.5 Å². The summed E-state index contributed by atoms with van der Waals surface area (Å²) in [6.45, 7) is -0.212. The normalized spacial score (nSPS) is 10.2. The Morgan fingerprint density at radius 1 is 0.867 bits per heavy atom. The molecular weight excluding hydrogens is 404 g/mol. The van der Waals surface area contributed by atoms with Crippen molar-refractivity contribution < 1.29 is 19.1 Å². The lowest BCUT2D eigenvalue weighted by molar-refractivity contribution is -0.115. The monoisotopic (exact) mass is 422 g/mol. The smallest absolute Gasteiger partial charge is 0.407 e. The lowest BCUT2D eigenvalue weighted by atomic mass is 10.0. The predicted octanol–water partition coefficient (Wildman–Crippen LogP) is 4.44. The average molecular weight is 423 g/mol. The predicted molar refractivity (Wildman–Crippen MR) is 115 cm³/mol. The quantitative estimate of drug-likeness (QED) is 0.551. The number of carbonyl (C=O) groups excluding carboxylic acids is 3. The molecule has 0 saturated carbocycles. The molecule has 0 aliphatic rings. The van der Waals surface area contributed by atoms with Crippen molar-refractivity contribution in [1.82, 2.24) is 5.32 Å². The molecule has 0 unspecified atom stereocenters. The molecule has 0 aliphatic heterocycles. The summed E-state index contributed by atoms with van der Waals surface area (Å²) in [7, 11) is 0. The van der Waals surface area contributed by atoms with E-state index in [-0.39, 0.29) is 24.5 Å². The second-order valence-electron chi connectivity index (χ2n) is 6.35. The summed E-state index contributed by atoms with van der Waals surface area (Å²) < 4.78 is 5.06. The number of amides is 2. The molecule has 0 fully saturated rings. The molecule has 0 bridgehead atoms. The second-order valence-corrected chi connectivity index (χ2v) is 6.78. The highest BCUT2D eigenvalue weighted by Gasteiger charge is 2.16. The lowest BCUT2D eigenvalue weighted by Crippen LogP contribution is -2.33. The number of rotatable bonds is 7. The van der Waals surface area contributed by atoms with Gasteiger partial charge in [0, 0.05) is 16.1 Å². The molecule has 152 valence electrons. The molecule has 0 saturated heterocycles. The van der Waals surface area contributed by atoms with Crippen LogP contribution in [-0.2, 0) is 16.1 Å². The van der Waals surface area contributed by atoms with Gasteiger partial charge in [-0.25, -0.2) is 4.79 Å². The third-order valence-electron chi connectivity index (χ3n) is 4.14. The molecule has 0 heterocycles. The van der Waals surface area contributed by atoms with E-state index in [1.807, 2.05) is 30.3 Å². The molecule has 7 heteroatoms. The van der Waals surface area contributed by atoms with Gasteiger partial charge < -0.3 is 15.4 Å². The highest BCUT2D eigenvalue weighted by Crippen LogP contribution is 2.23. The van der Waals surface area contributed by atoms with Crippen molar-refractivity contribution in [3.05, 3.63) is 101 Å². The van der Waals surface area contributed by atoms with E-state index in [0.29, 0.717) is 16.3 Å². The standard InChI is InChI=1S/C23H19ClN2O4/c24-18-11-12-20(19(13-18)22(28)17-9-5-2-6-10-17)26-21(27)14-25-23(29)30-15-16-7-3-1-4-8-16/h1-13H,14-15H2,(H,25,29)(H,26,27). The van der Waals surface area contributed by atoms with E-state index in [9.17, 15) is 14.4 Å². The molecule has 6 nitrogen and oxygen atoms in total. The van der Waals surface area contributed by atoms with Crippen LogP contribution in [-0.4, -0.2) is 24.3 Å². The maximum Gasteiger partial charge on any atom is 0.407 e. The van der Waals surface area contributed by atoms with Gasteiger partial charge in [-0.2, -0.15) is 0 Å². The van der Waals surface area contributed by atoms with Gasteiger partial charge in [0.25, 0.3) is 0 Å². The molecule has 0 aliphatic carbocycles. The summed E-state index contributed by atoms with van der Waals surface area (Å²) >= 11 is 6.03. The van der Waals surface area contributed by atoms with Gasteiger partial charge >= 0.3 is 6.09 Å². The number of benzene rings is 3. The van der Waals surface area contributed by atoms with Crippen LogP contribution in [0.4, 0.5) is 10.5 Å². The SMILES string of the molecule is O=C(CNC(=O)OCc1ccccc1)Nc1ccc(Cl)cc1C(=O)c1ccccc1. The van der Waals surface area contributed by atoms with E-state index in [0.717, 1.165) is 5.56 Å². The molecule has 0 atom stereocenters. The summed E-state index contributed by atoms with van der Waals surface area (Å²) in [4.78, 5) is 36.8. The van der Waals surface area contributed by atoms with Crippen LogP contribution < -0.4 is 10.6 Å². The molecule has 3 rings (SSSR count). The fourth-order valence-corrected chi connectivity index (χ4v) is 2.85. The minimum absolute atomic E-state index is 0.0984. The van der Waals surface area contributed by atoms with E-state index in [2.05, 4.69) is 10.6 Å². The summed E-state index contributed by atoms with van der Waals surface area (Å²) in [5, 5.41) is 5.38. The number of hydrogen-bond donors (Lipinski definition) is 2. The van der Waals surface area contributed by atoms with Gasteiger partial charge in [0.1, 0.15) is 13.2 Å². The van der Waals surface area contributed by atoms with Crippen LogP contribution in [0.1, 0.15) is 21.5 Å². The van der Waals surface area contributed by atoms with Crippen molar-refractivity contribution >= 4 is 35.1 Å². The van der Waals surface area contributed by atoms with Crippen molar-refractivity contribution in [1.29, 1.82) is 0 Å². The molecule has 0 spiro atoms. The number of alkyl carbamates (subject to hydrolysis) is 1. The summed E-state index contributed by atoms with van der Waals surface area (Å²) in [6.07, 6.45) is -0.717. The van der Waals surface area contributed by atoms with Crippen LogP contribution in [0.15, 0.2) is 78.9 Å². The van der Waals surface area contributed by atoms with Crippen molar-refractivity contribution in [2.45, 2.75) is 6.61 Å². The first-order valence-electron chi connectivity index (χ1n) is 9.16. The van der Waals surface area contributed by atoms with Crippen LogP contribution in [0.2, 0.25) is 5.02 Å². The Hall–Kier alpha value is -3.64. The maximum atomic E-state index is 12.8. The minimum Gasteiger partial charge on any atom is -0.445 e. The van der Waals surface area contributed by atoms with Gasteiger partial charge in [-0.15, -0.1) is 0 Å². The number of carbonyl (C=O) groups is 3. The summed E-state index contributed by atoms with van der Waals surface area (Å²) in [5.41, 5.74) is 1.87. The molecule has 0 radical (unpaired) electrons. The number of anilines is 1. The second kappa shape index (κ2) is 10.2. The van der Waals surface area contributed by atoms with Crippen molar-refractivity contribution in [2.75, 3.05) is 11.9 Å². The molecule has 0 aromatic heterocycles. The van der Waals surface area contributed by atoms with E-state index < -0.39 is 12.0 Å². The van der Waals surface area contributed by atoms with E-state index >= 15 is 0 Å². The molecule has 3 aromatic carbocycles. The Morgan fingerprint density at radius 3 is 2.23 bits per heavy atom. The number of hydrogen-bond acceptors (Lipinski definition) is 4. The van der Waals surface area contributed by atoms with Crippen LogP contribution >= 0.6 is 11.6 Å². The zero-order valence-electron chi connectivity index (χ0n) is 15.9. The van der Waals surface area contributed by atoms with Gasteiger partial charge in [-0.05, 0) is 23.8 Å². The van der Waals surface area contributed by atoms with E-state index in [1.54, 1.807) is 42.5 Å². The highest BCUT2D eigenvalue weighted by molar-refractivity contribution is 6.31. The van der Waals surface area contributed by atoms with Crippen LogP contribution in [0.25, 0.3) is 0 Å². The van der Waals surface area contributed by atoms with Crippen molar-refractivity contribution in [2.24, 2.45) is 0 Å². The van der Waals surface area contributed by atoms with Gasteiger partial charge in [-0.1, -0.05) is 72.3 Å². The largest absolute Gasteiger partial charge is 0.445 e. The van der Waals surface area contributed by atoms with Crippen LogP contribution in [0, 0.1) is 0 Å². The Kier molecular flexibility index (Phi) is 7.19. The zero-order chi connectivity index (χ0) is 21.3. The van der Waals surface area contributed by atoms with Gasteiger partial charge in [0.2, 0.25) is 5.91 Å². The lowest BCUT2D eigenvalue weighted by Gasteiger charge is -2.12. The number of ether oxygens (including phenoxy) is 1. The summed E-state index contributed by atoms with van der Waals surface area (Å²) in [6, 6.07) is 22.5. The first kappa shape index (κ1) is 21.1. The van der Waals surface area contributed by atoms with Crippen LogP contribution in [0.3, 0.4) is 0 Å². The van der Waals surface area contributed by atoms with Gasteiger partial charge in [0.05, 0.1) is 5.69 Å². The number of nitrogens with one attached hydrogen (secondary N) is 2. The third kappa shape index (κ3) is 5.93. The van der Waals surface area contributed by atoms with E-state index in [1.165, 1.54) is 6.07 Å². The molecule has 2 N–H and O–H groups in total. The first-order valence-corrected chi connectivity index (χ1v) is 9.54. The minimum atomic E-state index is -0.717. The average Bonchev–Trinajstić information content (AvgIpc) is 2.78. The molecule has 2 amide bonds. The Labute approximate surface area is 178 Å². The zero-order valence-corrected chi connectivity index (χ0v) is 16.7. The van der Waals surface area contributed by atoms with E-state index in [4.69, 9.17) is 16.3 Å². The van der Waals surface area contributed by atoms with Crippen LogP contribution in [0.5, 0.6) is 0 Å². The number of ketones is 1. The maximum absolute atomic E-state index is 12.8. The highest BCUT2D eigenvalue weighted by atomic mass is 35.5. The number of halogens is 1. The van der Waals surface area contributed by atoms with Crippen molar-refractivity contribution in [3.63, 3.8) is 0 Å². The molecule has 3 aromatic rings. The Morgan fingerprint density at radius 2 is 1.53 bits per heavy atom. The Balaban J connectivity index is 1.58. The summed E-state index contributed by atoms with van der Waals surface area (Å²) in [5.74, 6) is -0.778. The fraction of sp³-hybridized carbons (Fsp3) is 0.0870. The molecular formula is C23H19ClN2O4. The Bertz CT molecular complexity index is 1040. The third-order valence-corrected chi connectivity index (χ3v) is 4.38. The van der Waals surface area contributed by atoms with Gasteiger partial charge in [-0.3, -0.25) is 9.59 Å². The first-order chi connectivity index (χ1) is 14.5. The molecule has 30 heavy (non-hydrogen) atoms. The van der Waals surface area contributed by atoms with Crippen molar-refractivity contribution in [3.8, 4) is 0 Å².